The summed E-state index contributed by atoms with van der Waals surface area (Å²) in [4.78, 5) is 28.3. The maximum atomic E-state index is 13.4. The van der Waals surface area contributed by atoms with E-state index < -0.39 is 34.8 Å². The van der Waals surface area contributed by atoms with Crippen molar-refractivity contribution in [1.29, 1.82) is 0 Å². The van der Waals surface area contributed by atoms with Crippen LogP contribution in [-0.2, 0) is 17.5 Å². The monoisotopic (exact) mass is 462 g/mol. The number of nitrogen functional groups attached to an aromatic ring is 2. The summed E-state index contributed by atoms with van der Waals surface area (Å²) in [6, 6.07) is 8.41. The van der Waals surface area contributed by atoms with E-state index in [1.165, 1.54) is 12.1 Å². The third kappa shape index (κ3) is 5.79. The van der Waals surface area contributed by atoms with Gasteiger partial charge in [-0.2, -0.15) is 18.3 Å². The molecule has 3 aromatic rings. The van der Waals surface area contributed by atoms with E-state index in [1.807, 2.05) is 0 Å². The summed E-state index contributed by atoms with van der Waals surface area (Å²) in [6.45, 7) is 0.870. The second-order valence-electron chi connectivity index (χ2n) is 7.26. The number of aromatic amines is 1. The van der Waals surface area contributed by atoms with Crippen LogP contribution in [0.25, 0.3) is 11.3 Å². The van der Waals surface area contributed by atoms with Gasteiger partial charge < -0.3 is 21.5 Å². The number of amides is 1. The molecular weight excluding hydrogens is 441 g/mol. The maximum Gasteiger partial charge on any atom is 0.418 e. The number of aromatic carboxylic acids is 1. The van der Waals surface area contributed by atoms with Gasteiger partial charge in [0.05, 0.1) is 23.1 Å². The fraction of sp³-hybridized carbons (Fsp3) is 0.238. The Labute approximate surface area is 186 Å². The molecule has 0 aliphatic carbocycles. The zero-order valence-electron chi connectivity index (χ0n) is 17.3. The number of carbonyl (C=O) groups is 2. The highest BCUT2D eigenvalue weighted by Gasteiger charge is 2.36. The number of carboxylic acid groups (broad SMARTS) is 1. The highest BCUT2D eigenvalue weighted by atomic mass is 19.4. The number of carboxylic acids is 1. The minimum absolute atomic E-state index is 0.00448. The molecule has 1 aliphatic rings. The van der Waals surface area contributed by atoms with Gasteiger partial charge in [-0.1, -0.05) is 18.2 Å². The first-order chi connectivity index (χ1) is 15.6. The van der Waals surface area contributed by atoms with Crippen LogP contribution in [-0.4, -0.2) is 43.6 Å². The number of anilines is 2. The molecule has 3 heterocycles. The fourth-order valence-corrected chi connectivity index (χ4v) is 3.31. The molecule has 6 N–H and O–H groups in total. The van der Waals surface area contributed by atoms with Crippen molar-refractivity contribution in [1.82, 2.24) is 20.1 Å². The Balaban J connectivity index is 0.000000442. The smallest absolute Gasteiger partial charge is 0.418 e. The predicted molar refractivity (Wildman–Crippen MR) is 114 cm³/mol. The zero-order chi connectivity index (χ0) is 24.2. The Bertz CT molecular complexity index is 1150. The van der Waals surface area contributed by atoms with Crippen LogP contribution < -0.4 is 11.5 Å². The number of nitrogens with zero attached hydrogens (tertiary/aromatic N) is 3. The van der Waals surface area contributed by atoms with Crippen LogP contribution in [0.3, 0.4) is 0 Å². The Morgan fingerprint density at radius 1 is 1.21 bits per heavy atom. The summed E-state index contributed by atoms with van der Waals surface area (Å²) in [5.74, 6) is -0.911. The van der Waals surface area contributed by atoms with Crippen LogP contribution in [0.1, 0.15) is 34.5 Å². The first-order valence-electron chi connectivity index (χ1n) is 9.79. The highest BCUT2D eigenvalue weighted by molar-refractivity contribution is 5.92. The molecule has 1 aromatic carbocycles. The number of halogens is 3. The molecule has 0 unspecified atom stereocenters. The first kappa shape index (κ1) is 23.6. The lowest BCUT2D eigenvalue weighted by Crippen LogP contribution is -2.23. The van der Waals surface area contributed by atoms with Gasteiger partial charge in [-0.15, -0.1) is 0 Å². The third-order valence-electron chi connectivity index (χ3n) is 4.83. The number of likely N-dealkylation sites (tertiary alicyclic amines) is 1. The molecule has 1 fully saturated rings. The molecule has 0 spiro atoms. The van der Waals surface area contributed by atoms with Crippen molar-refractivity contribution in [2.75, 3.05) is 18.0 Å². The standard InChI is InChI=1S/C18H16F3N3O3.C3H5N3/c19-18(20,21)12-8-13(22)16(17(26)27)23-15(12)11-4-1-3-10(7-11)9-24-6-2-5-14(24)25;4-3-1-2-5-6-3/h1,3-4,7-8H,2,5-6,9,22H2,(H,26,27);1-2H,(H3,4,5,6). The summed E-state index contributed by atoms with van der Waals surface area (Å²) >= 11 is 0. The van der Waals surface area contributed by atoms with Crippen molar-refractivity contribution in [2.45, 2.75) is 25.6 Å². The predicted octanol–water partition coefficient (Wildman–Crippen LogP) is 3.16. The number of nitrogens with one attached hydrogen (secondary N) is 1. The quantitative estimate of drug-likeness (QED) is 0.465. The summed E-state index contributed by atoms with van der Waals surface area (Å²) < 4.78 is 40.3. The van der Waals surface area contributed by atoms with Crippen LogP contribution in [0.4, 0.5) is 24.7 Å². The van der Waals surface area contributed by atoms with E-state index >= 15 is 0 Å². The average molecular weight is 462 g/mol. The van der Waals surface area contributed by atoms with Gasteiger partial charge in [0, 0.05) is 25.1 Å². The van der Waals surface area contributed by atoms with E-state index in [0.717, 1.165) is 6.42 Å². The molecule has 33 heavy (non-hydrogen) atoms. The molecule has 0 saturated carbocycles. The third-order valence-corrected chi connectivity index (χ3v) is 4.83. The Hall–Kier alpha value is -4.09. The highest BCUT2D eigenvalue weighted by Crippen LogP contribution is 2.38. The molecule has 9 nitrogen and oxygen atoms in total. The van der Waals surface area contributed by atoms with Gasteiger partial charge in [0.15, 0.2) is 5.69 Å². The summed E-state index contributed by atoms with van der Waals surface area (Å²) in [5, 5.41) is 15.2. The van der Waals surface area contributed by atoms with E-state index in [9.17, 15) is 22.8 Å². The summed E-state index contributed by atoms with van der Waals surface area (Å²) in [6.07, 6.45) is -1.94. The van der Waals surface area contributed by atoms with E-state index in [-0.39, 0.29) is 18.0 Å². The molecule has 2 aromatic heterocycles. The van der Waals surface area contributed by atoms with Crippen LogP contribution in [0.2, 0.25) is 0 Å². The van der Waals surface area contributed by atoms with Gasteiger partial charge >= 0.3 is 12.1 Å². The van der Waals surface area contributed by atoms with Crippen LogP contribution in [0, 0.1) is 0 Å². The van der Waals surface area contributed by atoms with Crippen molar-refractivity contribution in [3.8, 4) is 11.3 Å². The molecule has 12 heteroatoms. The molecule has 0 bridgehead atoms. The summed E-state index contributed by atoms with van der Waals surface area (Å²) in [5.41, 5.74) is 8.51. The van der Waals surface area contributed by atoms with Crippen molar-refractivity contribution < 1.29 is 27.9 Å². The minimum Gasteiger partial charge on any atom is -0.476 e. The number of rotatable bonds is 4. The molecular formula is C21H21F3N6O3. The van der Waals surface area contributed by atoms with E-state index in [2.05, 4.69) is 15.2 Å². The SMILES string of the molecule is Nc1cc(C(F)(F)F)c(-c2cccc(CN3CCCC3=O)c2)nc1C(=O)O.Nc1ccn[nH]1. The topological polar surface area (TPSA) is 151 Å². The van der Waals surface area contributed by atoms with E-state index in [4.69, 9.17) is 16.6 Å². The van der Waals surface area contributed by atoms with Crippen molar-refractivity contribution in [3.05, 3.63) is 59.4 Å². The Morgan fingerprint density at radius 3 is 2.48 bits per heavy atom. The minimum atomic E-state index is -4.76. The van der Waals surface area contributed by atoms with Gasteiger partial charge in [0.1, 0.15) is 5.82 Å². The largest absolute Gasteiger partial charge is 0.476 e. The number of hydrogen-bond acceptors (Lipinski definition) is 6. The molecule has 1 saturated heterocycles. The zero-order valence-corrected chi connectivity index (χ0v) is 17.3. The van der Waals surface area contributed by atoms with Gasteiger partial charge in [-0.25, -0.2) is 9.78 Å². The number of nitrogens with two attached hydrogens (primary N) is 2. The molecule has 0 radical (unpaired) electrons. The van der Waals surface area contributed by atoms with Crippen LogP contribution in [0.5, 0.6) is 0 Å². The van der Waals surface area contributed by atoms with Crippen molar-refractivity contribution in [2.24, 2.45) is 0 Å². The number of H-pyrrole nitrogens is 1. The van der Waals surface area contributed by atoms with Gasteiger partial charge in [0.25, 0.3) is 0 Å². The maximum absolute atomic E-state index is 13.4. The Kier molecular flexibility index (Phi) is 6.85. The van der Waals surface area contributed by atoms with Gasteiger partial charge in [-0.05, 0) is 30.2 Å². The van der Waals surface area contributed by atoms with Crippen molar-refractivity contribution in [3.63, 3.8) is 0 Å². The van der Waals surface area contributed by atoms with E-state index in [0.29, 0.717) is 30.4 Å². The Morgan fingerprint density at radius 2 is 1.97 bits per heavy atom. The van der Waals surface area contributed by atoms with E-state index in [1.54, 1.807) is 29.3 Å². The average Bonchev–Trinajstić information content (AvgIpc) is 3.38. The number of carbonyl (C=O) groups excluding carboxylic acids is 1. The lowest BCUT2D eigenvalue weighted by molar-refractivity contribution is -0.137. The lowest BCUT2D eigenvalue weighted by atomic mass is 10.0. The van der Waals surface area contributed by atoms with Crippen LogP contribution in [0.15, 0.2) is 42.6 Å². The van der Waals surface area contributed by atoms with Crippen molar-refractivity contribution >= 4 is 23.4 Å². The van der Waals surface area contributed by atoms with Gasteiger partial charge in [-0.3, -0.25) is 9.89 Å². The molecule has 174 valence electrons. The molecule has 0 atom stereocenters. The number of hydrogen-bond donors (Lipinski definition) is 4. The fourth-order valence-electron chi connectivity index (χ4n) is 3.31. The number of alkyl halides is 3. The molecule has 4 rings (SSSR count). The second-order valence-corrected chi connectivity index (χ2v) is 7.26. The summed E-state index contributed by atoms with van der Waals surface area (Å²) in [7, 11) is 0. The number of aromatic nitrogens is 3. The molecule has 1 amide bonds. The number of benzene rings is 1. The number of pyridine rings is 1. The first-order valence-corrected chi connectivity index (χ1v) is 9.79. The molecule has 1 aliphatic heterocycles. The lowest BCUT2D eigenvalue weighted by Gasteiger charge is -2.17. The van der Waals surface area contributed by atoms with Gasteiger partial charge in [0.2, 0.25) is 5.91 Å². The second kappa shape index (κ2) is 9.59. The van der Waals surface area contributed by atoms with Crippen LogP contribution >= 0.6 is 0 Å². The normalized spacial score (nSPS) is 13.5.